The molecule has 4 heteroatoms. The lowest BCUT2D eigenvalue weighted by Crippen LogP contribution is -2.34. The van der Waals surface area contributed by atoms with Gasteiger partial charge in [-0.15, -0.1) is 0 Å². The Balaban J connectivity index is 1.94. The lowest BCUT2D eigenvalue weighted by molar-refractivity contribution is 0.378. The number of furan rings is 1. The third-order valence-electron chi connectivity index (χ3n) is 3.17. The quantitative estimate of drug-likeness (QED) is 0.904. The van der Waals surface area contributed by atoms with E-state index in [0.717, 1.165) is 17.2 Å². The van der Waals surface area contributed by atoms with Crippen LogP contribution >= 0.6 is 0 Å². The molecular weight excluding hydrogens is 267 g/mol. The molecule has 1 N–H and O–H groups in total. The fraction of sp³-hybridized carbons (Fsp3) is 0.412. The van der Waals surface area contributed by atoms with Gasteiger partial charge in [0.05, 0.1) is 13.1 Å². The molecule has 0 saturated carbocycles. The Labute approximate surface area is 125 Å². The molecule has 0 amide bonds. The van der Waals surface area contributed by atoms with Gasteiger partial charge in [0, 0.05) is 18.3 Å². The molecule has 0 spiro atoms. The van der Waals surface area contributed by atoms with Crippen molar-refractivity contribution >= 4 is 5.69 Å². The first-order valence-corrected chi connectivity index (χ1v) is 7.13. The standard InChI is InChI=1S/C17H23FN2O/c1-17(2,3)19-11-15-9-10-16(21-15)12-20(4)14-7-5-13(18)6-8-14/h5-10,19H,11-12H2,1-4H3. The maximum absolute atomic E-state index is 12.9. The second kappa shape index (κ2) is 6.31. The van der Waals surface area contributed by atoms with E-state index in [4.69, 9.17) is 4.42 Å². The van der Waals surface area contributed by atoms with Crippen LogP contribution in [0.5, 0.6) is 0 Å². The maximum atomic E-state index is 12.9. The third-order valence-corrected chi connectivity index (χ3v) is 3.17. The van der Waals surface area contributed by atoms with Crippen molar-refractivity contribution in [2.75, 3.05) is 11.9 Å². The fourth-order valence-corrected chi connectivity index (χ4v) is 1.98. The summed E-state index contributed by atoms with van der Waals surface area (Å²) >= 11 is 0. The highest BCUT2D eigenvalue weighted by atomic mass is 19.1. The van der Waals surface area contributed by atoms with Crippen LogP contribution in [0, 0.1) is 5.82 Å². The van der Waals surface area contributed by atoms with Crippen molar-refractivity contribution in [2.45, 2.75) is 39.4 Å². The second-order valence-corrected chi connectivity index (χ2v) is 6.30. The summed E-state index contributed by atoms with van der Waals surface area (Å²) in [6.07, 6.45) is 0. The maximum Gasteiger partial charge on any atom is 0.123 e. The van der Waals surface area contributed by atoms with E-state index >= 15 is 0 Å². The van der Waals surface area contributed by atoms with Gasteiger partial charge in [-0.3, -0.25) is 0 Å². The van der Waals surface area contributed by atoms with Gasteiger partial charge in [-0.05, 0) is 57.2 Å². The molecule has 1 aromatic heterocycles. The van der Waals surface area contributed by atoms with Gasteiger partial charge in [0.2, 0.25) is 0 Å². The van der Waals surface area contributed by atoms with Gasteiger partial charge in [0.25, 0.3) is 0 Å². The monoisotopic (exact) mass is 290 g/mol. The van der Waals surface area contributed by atoms with Crippen molar-refractivity contribution in [3.63, 3.8) is 0 Å². The number of hydrogen-bond donors (Lipinski definition) is 1. The molecule has 2 rings (SSSR count). The Morgan fingerprint density at radius 3 is 2.29 bits per heavy atom. The highest BCUT2D eigenvalue weighted by Crippen LogP contribution is 2.17. The van der Waals surface area contributed by atoms with E-state index in [9.17, 15) is 4.39 Å². The number of rotatable bonds is 5. The molecule has 3 nitrogen and oxygen atoms in total. The summed E-state index contributed by atoms with van der Waals surface area (Å²) in [4.78, 5) is 2.03. The fourth-order valence-electron chi connectivity index (χ4n) is 1.98. The SMILES string of the molecule is CN(Cc1ccc(CNC(C)(C)C)o1)c1ccc(F)cc1. The molecule has 2 aromatic rings. The van der Waals surface area contributed by atoms with Gasteiger partial charge in [-0.1, -0.05) is 0 Å². The van der Waals surface area contributed by atoms with Crippen molar-refractivity contribution in [2.24, 2.45) is 0 Å². The van der Waals surface area contributed by atoms with Crippen LogP contribution in [0.1, 0.15) is 32.3 Å². The topological polar surface area (TPSA) is 28.4 Å². The van der Waals surface area contributed by atoms with E-state index in [2.05, 4.69) is 26.1 Å². The number of halogens is 1. The highest BCUT2D eigenvalue weighted by molar-refractivity contribution is 5.45. The number of benzene rings is 1. The van der Waals surface area contributed by atoms with E-state index in [0.29, 0.717) is 13.1 Å². The van der Waals surface area contributed by atoms with Crippen LogP contribution in [0.3, 0.4) is 0 Å². The smallest absolute Gasteiger partial charge is 0.123 e. The Morgan fingerprint density at radius 1 is 1.05 bits per heavy atom. The Hall–Kier alpha value is -1.81. The molecule has 0 aliphatic carbocycles. The minimum absolute atomic E-state index is 0.0673. The number of hydrogen-bond acceptors (Lipinski definition) is 3. The van der Waals surface area contributed by atoms with E-state index in [1.807, 2.05) is 24.1 Å². The molecule has 1 aromatic carbocycles. The van der Waals surface area contributed by atoms with Crippen LogP contribution in [0.25, 0.3) is 0 Å². The molecule has 0 aliphatic rings. The van der Waals surface area contributed by atoms with E-state index in [1.165, 1.54) is 12.1 Å². The van der Waals surface area contributed by atoms with Crippen molar-refractivity contribution in [1.29, 1.82) is 0 Å². The zero-order valence-electron chi connectivity index (χ0n) is 13.1. The summed E-state index contributed by atoms with van der Waals surface area (Å²) in [7, 11) is 1.96. The molecule has 114 valence electrons. The normalized spacial score (nSPS) is 11.7. The molecule has 0 bridgehead atoms. The van der Waals surface area contributed by atoms with Crippen LogP contribution in [0.4, 0.5) is 10.1 Å². The van der Waals surface area contributed by atoms with Gasteiger partial charge < -0.3 is 14.6 Å². The average Bonchev–Trinajstić information content (AvgIpc) is 2.84. The van der Waals surface area contributed by atoms with E-state index in [1.54, 1.807) is 12.1 Å². The summed E-state index contributed by atoms with van der Waals surface area (Å²) < 4.78 is 18.7. The molecule has 0 atom stereocenters. The van der Waals surface area contributed by atoms with Crippen LogP contribution in [-0.2, 0) is 13.1 Å². The number of nitrogens with one attached hydrogen (secondary N) is 1. The number of anilines is 1. The van der Waals surface area contributed by atoms with Gasteiger partial charge in [-0.25, -0.2) is 4.39 Å². The molecule has 1 heterocycles. The van der Waals surface area contributed by atoms with Crippen LogP contribution in [0.15, 0.2) is 40.8 Å². The molecular formula is C17H23FN2O. The third kappa shape index (κ3) is 4.90. The van der Waals surface area contributed by atoms with E-state index < -0.39 is 0 Å². The van der Waals surface area contributed by atoms with Gasteiger partial charge >= 0.3 is 0 Å². The molecule has 0 fully saturated rings. The van der Waals surface area contributed by atoms with Crippen LogP contribution in [0.2, 0.25) is 0 Å². The summed E-state index contributed by atoms with van der Waals surface area (Å²) in [5.74, 6) is 1.60. The lowest BCUT2D eigenvalue weighted by atomic mass is 10.1. The lowest BCUT2D eigenvalue weighted by Gasteiger charge is -2.19. The number of nitrogens with zero attached hydrogens (tertiary/aromatic N) is 1. The molecule has 21 heavy (non-hydrogen) atoms. The first kappa shape index (κ1) is 15.6. The van der Waals surface area contributed by atoms with Gasteiger partial charge in [-0.2, -0.15) is 0 Å². The first-order valence-electron chi connectivity index (χ1n) is 7.13. The largest absolute Gasteiger partial charge is 0.463 e. The predicted octanol–water partition coefficient (Wildman–Crippen LogP) is 3.94. The van der Waals surface area contributed by atoms with Crippen LogP contribution in [-0.4, -0.2) is 12.6 Å². The van der Waals surface area contributed by atoms with E-state index in [-0.39, 0.29) is 11.4 Å². The Morgan fingerprint density at radius 2 is 1.67 bits per heavy atom. The summed E-state index contributed by atoms with van der Waals surface area (Å²) in [6.45, 7) is 7.74. The zero-order valence-corrected chi connectivity index (χ0v) is 13.1. The van der Waals surface area contributed by atoms with Gasteiger partial charge in [0.15, 0.2) is 0 Å². The van der Waals surface area contributed by atoms with Crippen molar-refractivity contribution in [1.82, 2.24) is 5.32 Å². The Kier molecular flexibility index (Phi) is 4.68. The molecule has 0 saturated heterocycles. The Bertz CT molecular complexity index is 569. The average molecular weight is 290 g/mol. The van der Waals surface area contributed by atoms with Crippen LogP contribution < -0.4 is 10.2 Å². The molecule has 0 aliphatic heterocycles. The molecule has 0 radical (unpaired) electrons. The predicted molar refractivity (Wildman–Crippen MR) is 83.8 cm³/mol. The summed E-state index contributed by atoms with van der Waals surface area (Å²) in [5.41, 5.74) is 1.03. The minimum atomic E-state index is -0.222. The minimum Gasteiger partial charge on any atom is -0.463 e. The van der Waals surface area contributed by atoms with Crippen molar-refractivity contribution in [3.05, 3.63) is 53.7 Å². The molecule has 0 unspecified atom stereocenters. The zero-order chi connectivity index (χ0) is 15.5. The summed E-state index contributed by atoms with van der Waals surface area (Å²) in [6, 6.07) is 10.4. The summed E-state index contributed by atoms with van der Waals surface area (Å²) in [5, 5.41) is 3.39. The van der Waals surface area contributed by atoms with Crippen molar-refractivity contribution in [3.8, 4) is 0 Å². The first-order chi connectivity index (χ1) is 9.83. The second-order valence-electron chi connectivity index (χ2n) is 6.30. The highest BCUT2D eigenvalue weighted by Gasteiger charge is 2.11. The van der Waals surface area contributed by atoms with Crippen molar-refractivity contribution < 1.29 is 8.81 Å². The van der Waals surface area contributed by atoms with Gasteiger partial charge in [0.1, 0.15) is 17.3 Å².